The number of hydrogen-bond acceptors (Lipinski definition) is 5. The predicted octanol–water partition coefficient (Wildman–Crippen LogP) is 1.64. The summed E-state index contributed by atoms with van der Waals surface area (Å²) in [5, 5.41) is 12.5. The number of fused-ring (bicyclic) bond motifs is 1. The maximum atomic E-state index is 10.9. The van der Waals surface area contributed by atoms with Gasteiger partial charge in [-0.1, -0.05) is 11.2 Å². The van der Waals surface area contributed by atoms with Crippen molar-refractivity contribution in [1.82, 2.24) is 5.16 Å². The highest BCUT2D eigenvalue weighted by Gasteiger charge is 2.28. The fourth-order valence-corrected chi connectivity index (χ4v) is 1.91. The average molecular weight is 261 g/mol. The molecule has 1 N–H and O–H groups in total. The van der Waals surface area contributed by atoms with Crippen LogP contribution in [0.1, 0.15) is 11.3 Å². The zero-order valence-corrected chi connectivity index (χ0v) is 9.91. The normalized spacial score (nSPS) is 16.7. The van der Waals surface area contributed by atoms with E-state index in [0.29, 0.717) is 23.7 Å². The van der Waals surface area contributed by atoms with Gasteiger partial charge in [0.05, 0.1) is 6.20 Å². The number of carbonyl (C=O) groups is 1. The zero-order valence-electron chi connectivity index (χ0n) is 9.91. The maximum absolute atomic E-state index is 10.9. The van der Waals surface area contributed by atoms with Crippen LogP contribution in [0.4, 0.5) is 0 Å². The number of ether oxygens (including phenoxy) is 2. The van der Waals surface area contributed by atoms with E-state index in [1.165, 1.54) is 0 Å². The Balaban J connectivity index is 1.69. The van der Waals surface area contributed by atoms with E-state index in [-0.39, 0.29) is 6.61 Å². The minimum atomic E-state index is -0.958. The average Bonchev–Trinajstić information content (AvgIpc) is 3.04. The lowest BCUT2D eigenvalue weighted by Gasteiger charge is -2.06. The third-order valence-electron chi connectivity index (χ3n) is 2.86. The van der Waals surface area contributed by atoms with Gasteiger partial charge in [-0.15, -0.1) is 0 Å². The van der Waals surface area contributed by atoms with Gasteiger partial charge in [0.15, 0.2) is 11.9 Å². The van der Waals surface area contributed by atoms with Crippen LogP contribution < -0.4 is 9.47 Å². The molecule has 0 saturated heterocycles. The SMILES string of the molecule is O=C(O)C1Cc2ccc(OCc3ccno3)cc2O1. The number of carboxylic acids is 1. The molecule has 6 heteroatoms. The summed E-state index contributed by atoms with van der Waals surface area (Å²) in [6.45, 7) is 0.265. The minimum Gasteiger partial charge on any atom is -0.485 e. The van der Waals surface area contributed by atoms with Crippen molar-refractivity contribution in [1.29, 1.82) is 0 Å². The monoisotopic (exact) mass is 261 g/mol. The van der Waals surface area contributed by atoms with E-state index < -0.39 is 12.1 Å². The minimum absolute atomic E-state index is 0.265. The molecule has 1 aliphatic rings. The molecule has 98 valence electrons. The van der Waals surface area contributed by atoms with Crippen molar-refractivity contribution in [3.63, 3.8) is 0 Å². The van der Waals surface area contributed by atoms with Gasteiger partial charge in [-0.2, -0.15) is 0 Å². The summed E-state index contributed by atoms with van der Waals surface area (Å²) in [4.78, 5) is 10.9. The van der Waals surface area contributed by atoms with E-state index in [4.69, 9.17) is 19.1 Å². The van der Waals surface area contributed by atoms with Crippen molar-refractivity contribution in [3.8, 4) is 11.5 Å². The second-order valence-electron chi connectivity index (χ2n) is 4.19. The number of aromatic nitrogens is 1. The predicted molar refractivity (Wildman–Crippen MR) is 63.0 cm³/mol. The van der Waals surface area contributed by atoms with Crippen molar-refractivity contribution < 1.29 is 23.9 Å². The van der Waals surface area contributed by atoms with Crippen molar-refractivity contribution in [2.24, 2.45) is 0 Å². The van der Waals surface area contributed by atoms with E-state index in [0.717, 1.165) is 5.56 Å². The summed E-state index contributed by atoms with van der Waals surface area (Å²) in [7, 11) is 0. The van der Waals surface area contributed by atoms with Crippen molar-refractivity contribution >= 4 is 5.97 Å². The van der Waals surface area contributed by atoms with Gasteiger partial charge < -0.3 is 19.1 Å². The van der Waals surface area contributed by atoms with Gasteiger partial charge in [0.2, 0.25) is 0 Å². The Morgan fingerprint density at radius 3 is 3.11 bits per heavy atom. The van der Waals surface area contributed by atoms with E-state index >= 15 is 0 Å². The fraction of sp³-hybridized carbons (Fsp3) is 0.231. The van der Waals surface area contributed by atoms with Gasteiger partial charge in [-0.3, -0.25) is 0 Å². The summed E-state index contributed by atoms with van der Waals surface area (Å²) >= 11 is 0. The van der Waals surface area contributed by atoms with Crippen LogP contribution >= 0.6 is 0 Å². The third-order valence-corrected chi connectivity index (χ3v) is 2.86. The highest BCUT2D eigenvalue weighted by atomic mass is 16.5. The molecule has 2 heterocycles. The second-order valence-corrected chi connectivity index (χ2v) is 4.19. The van der Waals surface area contributed by atoms with Crippen LogP contribution in [0.15, 0.2) is 35.0 Å². The molecule has 19 heavy (non-hydrogen) atoms. The largest absolute Gasteiger partial charge is 0.485 e. The molecule has 0 bridgehead atoms. The van der Waals surface area contributed by atoms with Crippen LogP contribution in [0.25, 0.3) is 0 Å². The first-order valence-corrected chi connectivity index (χ1v) is 5.77. The molecule has 3 rings (SSSR count). The van der Waals surface area contributed by atoms with Gasteiger partial charge in [-0.05, 0) is 11.6 Å². The molecule has 0 spiro atoms. The summed E-state index contributed by atoms with van der Waals surface area (Å²) in [6.07, 6.45) is 1.12. The molecule has 1 unspecified atom stereocenters. The second kappa shape index (κ2) is 4.64. The lowest BCUT2D eigenvalue weighted by Crippen LogP contribution is -2.24. The molecular formula is C13H11NO5. The standard InChI is InChI=1S/C13H11NO5/c15-13(16)12-5-8-1-2-9(6-11(8)18-12)17-7-10-3-4-14-19-10/h1-4,6,12H,5,7H2,(H,15,16). The van der Waals surface area contributed by atoms with E-state index in [2.05, 4.69) is 5.16 Å². The maximum Gasteiger partial charge on any atom is 0.345 e. The Hall–Kier alpha value is -2.50. The fourth-order valence-electron chi connectivity index (χ4n) is 1.91. The van der Waals surface area contributed by atoms with Gasteiger partial charge in [-0.25, -0.2) is 4.79 Å². The Kier molecular flexibility index (Phi) is 2.83. The van der Waals surface area contributed by atoms with Crippen molar-refractivity contribution in [2.75, 3.05) is 0 Å². The number of nitrogens with zero attached hydrogens (tertiary/aromatic N) is 1. The first kappa shape index (κ1) is 11.6. The number of hydrogen-bond donors (Lipinski definition) is 1. The molecule has 0 aliphatic carbocycles. The van der Waals surface area contributed by atoms with Gasteiger partial charge in [0.25, 0.3) is 0 Å². The molecule has 0 saturated carbocycles. The Labute approximate surface area is 108 Å². The number of carboxylic acid groups (broad SMARTS) is 1. The van der Waals surface area contributed by atoms with Gasteiger partial charge in [0, 0.05) is 18.6 Å². The molecule has 1 aromatic carbocycles. The summed E-state index contributed by atoms with van der Waals surface area (Å²) in [6, 6.07) is 7.00. The highest BCUT2D eigenvalue weighted by Crippen LogP contribution is 2.32. The first-order chi connectivity index (χ1) is 9.22. The molecule has 2 aromatic rings. The van der Waals surface area contributed by atoms with Crippen LogP contribution in [-0.4, -0.2) is 22.3 Å². The van der Waals surface area contributed by atoms with E-state index in [1.54, 1.807) is 24.4 Å². The quantitative estimate of drug-likeness (QED) is 0.901. The molecule has 1 atom stereocenters. The lowest BCUT2D eigenvalue weighted by molar-refractivity contribution is -0.144. The number of rotatable bonds is 4. The molecule has 1 aliphatic heterocycles. The van der Waals surface area contributed by atoms with Crippen LogP contribution in [-0.2, 0) is 17.8 Å². The van der Waals surface area contributed by atoms with E-state index in [9.17, 15) is 4.79 Å². The Morgan fingerprint density at radius 1 is 1.47 bits per heavy atom. The molecule has 0 fully saturated rings. The molecule has 1 aromatic heterocycles. The third kappa shape index (κ3) is 2.37. The summed E-state index contributed by atoms with van der Waals surface area (Å²) < 4.78 is 15.8. The van der Waals surface area contributed by atoms with E-state index in [1.807, 2.05) is 6.07 Å². The van der Waals surface area contributed by atoms with Crippen molar-refractivity contribution in [2.45, 2.75) is 19.1 Å². The summed E-state index contributed by atoms with van der Waals surface area (Å²) in [5.74, 6) is 0.814. The van der Waals surface area contributed by atoms with Crippen LogP contribution in [0, 0.1) is 0 Å². The number of benzene rings is 1. The van der Waals surface area contributed by atoms with Crippen LogP contribution in [0.2, 0.25) is 0 Å². The smallest absolute Gasteiger partial charge is 0.345 e. The highest BCUT2D eigenvalue weighted by molar-refractivity contribution is 5.74. The Bertz CT molecular complexity index is 593. The first-order valence-electron chi connectivity index (χ1n) is 5.77. The molecular weight excluding hydrogens is 250 g/mol. The summed E-state index contributed by atoms with van der Waals surface area (Å²) in [5.41, 5.74) is 0.874. The van der Waals surface area contributed by atoms with Gasteiger partial charge >= 0.3 is 5.97 Å². The van der Waals surface area contributed by atoms with Crippen LogP contribution in [0.5, 0.6) is 11.5 Å². The van der Waals surface area contributed by atoms with Gasteiger partial charge in [0.1, 0.15) is 18.1 Å². The lowest BCUT2D eigenvalue weighted by atomic mass is 10.1. The number of aliphatic carboxylic acids is 1. The topological polar surface area (TPSA) is 81.8 Å². The van der Waals surface area contributed by atoms with Crippen LogP contribution in [0.3, 0.4) is 0 Å². The molecule has 0 radical (unpaired) electrons. The zero-order chi connectivity index (χ0) is 13.2. The molecule has 0 amide bonds. The van der Waals surface area contributed by atoms with Crippen molar-refractivity contribution in [3.05, 3.63) is 41.8 Å². The Morgan fingerprint density at radius 2 is 2.37 bits per heavy atom. The molecule has 6 nitrogen and oxygen atoms in total.